The summed E-state index contributed by atoms with van der Waals surface area (Å²) in [5.74, 6) is -0.537. The highest BCUT2D eigenvalue weighted by Crippen LogP contribution is 2.46. The second-order valence-electron chi connectivity index (χ2n) is 9.26. The second kappa shape index (κ2) is 9.02. The number of hydrogen-bond donors (Lipinski definition) is 3. The van der Waals surface area contributed by atoms with Gasteiger partial charge in [-0.3, -0.25) is 19.5 Å². The van der Waals surface area contributed by atoms with Gasteiger partial charge >= 0.3 is 0 Å². The number of carbonyl (C=O) groups excluding carboxylic acids is 2. The number of anilines is 1. The first kappa shape index (κ1) is 22.8. The number of phenolic OH excluding ortho intramolecular Hbond substituents is 1. The van der Waals surface area contributed by atoms with E-state index in [0.717, 1.165) is 29.5 Å². The first-order valence-corrected chi connectivity index (χ1v) is 11.8. The highest BCUT2D eigenvalue weighted by molar-refractivity contribution is 6.31. The van der Waals surface area contributed by atoms with Crippen molar-refractivity contribution in [2.24, 2.45) is 0 Å². The number of pyridine rings is 1. The number of aromatic nitrogens is 1. The minimum atomic E-state index is -0.436. The van der Waals surface area contributed by atoms with Gasteiger partial charge in [0, 0.05) is 55.4 Å². The van der Waals surface area contributed by atoms with Crippen molar-refractivity contribution in [1.82, 2.24) is 14.8 Å². The van der Waals surface area contributed by atoms with Gasteiger partial charge in [0.25, 0.3) is 5.91 Å². The van der Waals surface area contributed by atoms with Crippen molar-refractivity contribution in [1.29, 1.82) is 0 Å². The predicted octanol–water partition coefficient (Wildman–Crippen LogP) is 2.86. The fraction of sp³-hybridized carbons (Fsp3) is 0.400. The van der Waals surface area contributed by atoms with Crippen LogP contribution < -0.4 is 5.32 Å². The maximum Gasteiger partial charge on any atom is 0.274 e. The third-order valence-corrected chi connectivity index (χ3v) is 7.33. The van der Waals surface area contributed by atoms with Crippen LogP contribution in [0.4, 0.5) is 5.69 Å². The number of carbonyl (C=O) groups is 2. The lowest BCUT2D eigenvalue weighted by Gasteiger charge is -2.48. The number of hydrogen-bond acceptors (Lipinski definition) is 6. The number of amides is 2. The summed E-state index contributed by atoms with van der Waals surface area (Å²) in [5, 5.41) is 23.8. The zero-order valence-electron chi connectivity index (χ0n) is 18.7. The number of aliphatic hydroxyl groups excluding tert-OH is 1. The molecule has 2 amide bonds. The molecular formula is C25H27ClN4O4. The molecule has 1 aliphatic carbocycles. The molecule has 2 aromatic rings. The number of likely N-dealkylation sites (tertiary alicyclic amines) is 1. The highest BCUT2D eigenvalue weighted by atomic mass is 35.5. The quantitative estimate of drug-likeness (QED) is 0.432. The van der Waals surface area contributed by atoms with Crippen LogP contribution in [-0.2, 0) is 11.3 Å². The molecule has 1 aromatic heterocycles. The van der Waals surface area contributed by atoms with E-state index in [1.54, 1.807) is 17.2 Å². The van der Waals surface area contributed by atoms with Crippen molar-refractivity contribution in [2.75, 3.05) is 31.6 Å². The SMILES string of the molecule is C=CC(=O)N1CC(N2Cc3ccnc(C(=O)Nc4cc(C5CC5)c(Cl)cc4O)c3C(CO)C2)C1. The number of aromatic hydroxyl groups is 1. The molecule has 34 heavy (non-hydrogen) atoms. The van der Waals surface area contributed by atoms with Crippen LogP contribution in [0.15, 0.2) is 37.1 Å². The summed E-state index contributed by atoms with van der Waals surface area (Å²) in [5.41, 5.74) is 3.13. The van der Waals surface area contributed by atoms with Crippen molar-refractivity contribution in [3.63, 3.8) is 0 Å². The van der Waals surface area contributed by atoms with Gasteiger partial charge in [-0.15, -0.1) is 0 Å². The lowest BCUT2D eigenvalue weighted by molar-refractivity contribution is -0.133. The van der Waals surface area contributed by atoms with Gasteiger partial charge in [-0.1, -0.05) is 18.2 Å². The molecule has 8 nitrogen and oxygen atoms in total. The molecule has 1 saturated heterocycles. The van der Waals surface area contributed by atoms with Gasteiger partial charge in [0.05, 0.1) is 12.3 Å². The number of fused-ring (bicyclic) bond motifs is 1. The molecule has 3 aliphatic rings. The number of nitrogens with zero attached hydrogens (tertiary/aromatic N) is 3. The van der Waals surface area contributed by atoms with Crippen LogP contribution in [-0.4, -0.2) is 69.1 Å². The molecule has 0 bridgehead atoms. The molecule has 1 aromatic carbocycles. The zero-order chi connectivity index (χ0) is 24.0. The van der Waals surface area contributed by atoms with Crippen LogP contribution in [0.1, 0.15) is 51.9 Å². The third-order valence-electron chi connectivity index (χ3n) is 7.00. The summed E-state index contributed by atoms with van der Waals surface area (Å²) in [4.78, 5) is 33.4. The van der Waals surface area contributed by atoms with Gasteiger partial charge in [0.2, 0.25) is 5.91 Å². The Morgan fingerprint density at radius 3 is 2.71 bits per heavy atom. The fourth-order valence-corrected chi connectivity index (χ4v) is 5.25. The molecule has 1 saturated carbocycles. The molecule has 3 N–H and O–H groups in total. The fourth-order valence-electron chi connectivity index (χ4n) is 4.94. The smallest absolute Gasteiger partial charge is 0.274 e. The van der Waals surface area contributed by atoms with Gasteiger partial charge in [-0.05, 0) is 53.7 Å². The van der Waals surface area contributed by atoms with E-state index in [9.17, 15) is 19.8 Å². The maximum absolute atomic E-state index is 13.2. The molecule has 1 unspecified atom stereocenters. The highest BCUT2D eigenvalue weighted by Gasteiger charge is 2.39. The molecule has 5 rings (SSSR count). The van der Waals surface area contributed by atoms with E-state index in [4.69, 9.17) is 11.6 Å². The average molecular weight is 483 g/mol. The summed E-state index contributed by atoms with van der Waals surface area (Å²) < 4.78 is 0. The summed E-state index contributed by atoms with van der Waals surface area (Å²) in [7, 11) is 0. The topological polar surface area (TPSA) is 106 Å². The molecule has 0 radical (unpaired) electrons. The molecule has 3 heterocycles. The van der Waals surface area contributed by atoms with Gasteiger partial charge in [-0.25, -0.2) is 0 Å². The third kappa shape index (κ3) is 4.17. The Morgan fingerprint density at radius 2 is 2.03 bits per heavy atom. The number of aliphatic hydroxyl groups is 1. The minimum Gasteiger partial charge on any atom is -0.506 e. The van der Waals surface area contributed by atoms with E-state index in [1.807, 2.05) is 6.07 Å². The predicted molar refractivity (Wildman–Crippen MR) is 128 cm³/mol. The average Bonchev–Trinajstić information content (AvgIpc) is 3.63. The number of benzene rings is 1. The molecular weight excluding hydrogens is 456 g/mol. The summed E-state index contributed by atoms with van der Waals surface area (Å²) in [6, 6.07) is 5.27. The Balaban J connectivity index is 1.37. The van der Waals surface area contributed by atoms with Crippen LogP contribution in [0.25, 0.3) is 0 Å². The van der Waals surface area contributed by atoms with Crippen LogP contribution in [0, 0.1) is 0 Å². The zero-order valence-corrected chi connectivity index (χ0v) is 19.5. The van der Waals surface area contributed by atoms with Gasteiger partial charge in [0.15, 0.2) is 0 Å². The Hall–Kier alpha value is -2.94. The summed E-state index contributed by atoms with van der Waals surface area (Å²) in [6.45, 7) is 5.81. The minimum absolute atomic E-state index is 0.0779. The second-order valence-corrected chi connectivity index (χ2v) is 9.67. The van der Waals surface area contributed by atoms with Crippen molar-refractivity contribution in [3.8, 4) is 5.75 Å². The Labute approximate surface area is 202 Å². The van der Waals surface area contributed by atoms with Crippen LogP contribution >= 0.6 is 11.6 Å². The lowest BCUT2D eigenvalue weighted by Crippen LogP contribution is -2.61. The first-order chi connectivity index (χ1) is 16.4. The summed E-state index contributed by atoms with van der Waals surface area (Å²) >= 11 is 6.27. The van der Waals surface area contributed by atoms with Gasteiger partial charge < -0.3 is 20.4 Å². The van der Waals surface area contributed by atoms with Gasteiger partial charge in [0.1, 0.15) is 11.4 Å². The monoisotopic (exact) mass is 482 g/mol. The van der Waals surface area contributed by atoms with E-state index >= 15 is 0 Å². The number of rotatable bonds is 6. The van der Waals surface area contributed by atoms with E-state index in [-0.39, 0.29) is 35.9 Å². The molecule has 1 atom stereocenters. The van der Waals surface area contributed by atoms with Crippen molar-refractivity contribution >= 4 is 29.1 Å². The standard InChI is InChI=1S/C25H27ClN4O4/c1-2-22(33)30-11-17(12-30)29-9-15-5-6-27-24(23(15)16(10-29)13-31)25(34)28-20-7-18(14-3-4-14)19(26)8-21(20)32/h2,5-8,14,16-17,31-32H,1,3-4,9-13H2,(H,28,34). The molecule has 178 valence electrons. The Morgan fingerprint density at radius 1 is 1.26 bits per heavy atom. The van der Waals surface area contributed by atoms with Crippen molar-refractivity contribution < 1.29 is 19.8 Å². The largest absolute Gasteiger partial charge is 0.506 e. The normalized spacial score (nSPS) is 20.4. The molecule has 9 heteroatoms. The van der Waals surface area contributed by atoms with E-state index in [1.165, 1.54) is 12.1 Å². The lowest BCUT2D eigenvalue weighted by atomic mass is 9.87. The maximum atomic E-state index is 13.2. The van der Waals surface area contributed by atoms with E-state index in [2.05, 4.69) is 21.8 Å². The number of halogens is 1. The van der Waals surface area contributed by atoms with Gasteiger partial charge in [-0.2, -0.15) is 0 Å². The molecule has 2 fully saturated rings. The Bertz CT molecular complexity index is 1160. The van der Waals surface area contributed by atoms with Crippen LogP contribution in [0.3, 0.4) is 0 Å². The molecule has 2 aliphatic heterocycles. The Kier molecular flexibility index (Phi) is 6.06. The number of nitrogens with one attached hydrogen (secondary N) is 1. The van der Waals surface area contributed by atoms with E-state index < -0.39 is 5.91 Å². The molecule has 0 spiro atoms. The first-order valence-electron chi connectivity index (χ1n) is 11.5. The van der Waals surface area contributed by atoms with Crippen molar-refractivity contribution in [2.45, 2.75) is 37.3 Å². The summed E-state index contributed by atoms with van der Waals surface area (Å²) in [6.07, 6.45) is 5.00. The van der Waals surface area contributed by atoms with Crippen molar-refractivity contribution in [3.05, 3.63) is 64.5 Å². The van der Waals surface area contributed by atoms with Crippen LogP contribution in [0.5, 0.6) is 5.75 Å². The van der Waals surface area contributed by atoms with E-state index in [0.29, 0.717) is 42.8 Å². The number of phenols is 1. The van der Waals surface area contributed by atoms with Crippen LogP contribution in [0.2, 0.25) is 5.02 Å².